The first kappa shape index (κ1) is 18.3. The maximum absolute atomic E-state index is 12.0. The summed E-state index contributed by atoms with van der Waals surface area (Å²) in [6.07, 6.45) is -0.513. The minimum absolute atomic E-state index is 0.0662. The number of hydrogen-bond acceptors (Lipinski definition) is 4. The van der Waals surface area contributed by atoms with Gasteiger partial charge in [0.2, 0.25) is 0 Å². The van der Waals surface area contributed by atoms with E-state index in [1.807, 2.05) is 30.3 Å². The first-order valence-electron chi connectivity index (χ1n) is 7.11. The molecule has 0 radical (unpaired) electrons. The van der Waals surface area contributed by atoms with Crippen LogP contribution in [0.2, 0.25) is 18.1 Å². The zero-order valence-electron chi connectivity index (χ0n) is 13.8. The molecule has 118 valence electrons. The van der Waals surface area contributed by atoms with Gasteiger partial charge < -0.3 is 9.16 Å². The summed E-state index contributed by atoms with van der Waals surface area (Å²) in [6.45, 7) is 10.8. The Morgan fingerprint density at radius 3 is 2.29 bits per heavy atom. The predicted octanol–water partition coefficient (Wildman–Crippen LogP) is 4.34. The van der Waals surface area contributed by atoms with Crippen LogP contribution < -0.4 is 0 Å². The minimum atomic E-state index is -2.00. The Morgan fingerprint density at radius 1 is 1.24 bits per heavy atom. The van der Waals surface area contributed by atoms with Gasteiger partial charge in [0.25, 0.3) is 0 Å². The number of methoxy groups -OCH3 is 1. The SMILES string of the molecule is COC(=O)[C@@H](CSc1ccccc1)O[Si](C)(C)C(C)(C)C. The molecule has 5 heteroatoms. The van der Waals surface area contributed by atoms with Gasteiger partial charge in [0, 0.05) is 10.6 Å². The van der Waals surface area contributed by atoms with Crippen molar-refractivity contribution in [2.75, 3.05) is 12.9 Å². The molecule has 0 aliphatic carbocycles. The normalized spacial score (nSPS) is 13.8. The van der Waals surface area contributed by atoms with E-state index in [1.54, 1.807) is 11.8 Å². The van der Waals surface area contributed by atoms with Gasteiger partial charge in [0.15, 0.2) is 14.4 Å². The van der Waals surface area contributed by atoms with Crippen molar-refractivity contribution in [3.8, 4) is 0 Å². The molecule has 0 saturated heterocycles. The lowest BCUT2D eigenvalue weighted by Gasteiger charge is -2.38. The molecule has 0 N–H and O–H groups in total. The van der Waals surface area contributed by atoms with Crippen LogP contribution >= 0.6 is 11.8 Å². The second-order valence-electron chi connectivity index (χ2n) is 6.51. The molecule has 0 aliphatic heterocycles. The van der Waals surface area contributed by atoms with Crippen LogP contribution in [0, 0.1) is 0 Å². The van der Waals surface area contributed by atoms with Crippen LogP contribution in [0.25, 0.3) is 0 Å². The third-order valence-corrected chi connectivity index (χ3v) is 9.41. The van der Waals surface area contributed by atoms with E-state index in [0.717, 1.165) is 4.90 Å². The second-order valence-corrected chi connectivity index (χ2v) is 12.4. The molecule has 1 atom stereocenters. The fourth-order valence-electron chi connectivity index (χ4n) is 1.50. The first-order valence-corrected chi connectivity index (χ1v) is 11.0. The molecule has 0 amide bonds. The molecule has 0 heterocycles. The Labute approximate surface area is 133 Å². The summed E-state index contributed by atoms with van der Waals surface area (Å²) >= 11 is 1.62. The Morgan fingerprint density at radius 2 is 1.81 bits per heavy atom. The Balaban J connectivity index is 2.75. The summed E-state index contributed by atoms with van der Waals surface area (Å²) in [5.74, 6) is 0.284. The van der Waals surface area contributed by atoms with Crippen LogP contribution in [0.5, 0.6) is 0 Å². The predicted molar refractivity (Wildman–Crippen MR) is 91.3 cm³/mol. The van der Waals surface area contributed by atoms with Gasteiger partial charge >= 0.3 is 5.97 Å². The summed E-state index contributed by atoms with van der Waals surface area (Å²) in [7, 11) is -0.585. The van der Waals surface area contributed by atoms with Crippen LogP contribution in [0.15, 0.2) is 35.2 Å². The minimum Gasteiger partial charge on any atom is -0.467 e. The van der Waals surface area contributed by atoms with E-state index < -0.39 is 14.4 Å². The molecule has 0 bridgehead atoms. The molecule has 3 nitrogen and oxygen atoms in total. The highest BCUT2D eigenvalue weighted by molar-refractivity contribution is 7.99. The number of ether oxygens (including phenoxy) is 1. The largest absolute Gasteiger partial charge is 0.467 e. The molecule has 1 rings (SSSR count). The molecule has 0 spiro atoms. The van der Waals surface area contributed by atoms with Gasteiger partial charge in [-0.2, -0.15) is 0 Å². The summed E-state index contributed by atoms with van der Waals surface area (Å²) < 4.78 is 11.1. The summed E-state index contributed by atoms with van der Waals surface area (Å²) in [5.41, 5.74) is 0. The Bertz CT molecular complexity index is 454. The summed E-state index contributed by atoms with van der Waals surface area (Å²) in [6, 6.07) is 10.0. The second kappa shape index (κ2) is 7.47. The molecule has 0 aromatic heterocycles. The van der Waals surface area contributed by atoms with E-state index >= 15 is 0 Å². The van der Waals surface area contributed by atoms with Crippen molar-refractivity contribution >= 4 is 26.0 Å². The van der Waals surface area contributed by atoms with Gasteiger partial charge in [-0.25, -0.2) is 4.79 Å². The molecule has 0 unspecified atom stereocenters. The number of esters is 1. The van der Waals surface area contributed by atoms with Crippen molar-refractivity contribution in [3.63, 3.8) is 0 Å². The topological polar surface area (TPSA) is 35.5 Å². The van der Waals surface area contributed by atoms with E-state index in [1.165, 1.54) is 7.11 Å². The molecule has 21 heavy (non-hydrogen) atoms. The lowest BCUT2D eigenvalue weighted by Crippen LogP contribution is -2.47. The number of hydrogen-bond donors (Lipinski definition) is 0. The summed E-state index contributed by atoms with van der Waals surface area (Å²) in [4.78, 5) is 13.1. The quantitative estimate of drug-likeness (QED) is 0.442. The zero-order chi connectivity index (χ0) is 16.1. The van der Waals surface area contributed by atoms with E-state index in [2.05, 4.69) is 33.9 Å². The van der Waals surface area contributed by atoms with Gasteiger partial charge in [0.05, 0.1) is 7.11 Å². The van der Waals surface area contributed by atoms with Crippen LogP contribution in [0.3, 0.4) is 0 Å². The molecule has 1 aromatic carbocycles. The third kappa shape index (κ3) is 5.49. The van der Waals surface area contributed by atoms with Gasteiger partial charge in [0.1, 0.15) is 0 Å². The number of carbonyl (C=O) groups excluding carboxylic acids is 1. The van der Waals surface area contributed by atoms with Crippen molar-refractivity contribution in [1.82, 2.24) is 0 Å². The summed E-state index contributed by atoms with van der Waals surface area (Å²) in [5, 5.41) is 0.0662. The lowest BCUT2D eigenvalue weighted by molar-refractivity contribution is -0.148. The van der Waals surface area contributed by atoms with Gasteiger partial charge in [-0.15, -0.1) is 11.8 Å². The third-order valence-electron chi connectivity index (χ3n) is 3.85. The van der Waals surface area contributed by atoms with Crippen molar-refractivity contribution in [2.24, 2.45) is 0 Å². The Hall–Kier alpha value is -0.783. The molecule has 0 fully saturated rings. The number of benzene rings is 1. The van der Waals surface area contributed by atoms with E-state index in [4.69, 9.17) is 9.16 Å². The fraction of sp³-hybridized carbons (Fsp3) is 0.562. The van der Waals surface area contributed by atoms with Crippen LogP contribution in [0.4, 0.5) is 0 Å². The maximum atomic E-state index is 12.0. The maximum Gasteiger partial charge on any atom is 0.334 e. The van der Waals surface area contributed by atoms with E-state index in [9.17, 15) is 4.79 Å². The van der Waals surface area contributed by atoms with E-state index in [0.29, 0.717) is 5.75 Å². The van der Waals surface area contributed by atoms with Crippen molar-refractivity contribution in [3.05, 3.63) is 30.3 Å². The van der Waals surface area contributed by atoms with Gasteiger partial charge in [-0.3, -0.25) is 0 Å². The highest BCUT2D eigenvalue weighted by atomic mass is 32.2. The number of thioether (sulfide) groups is 1. The average molecular weight is 327 g/mol. The lowest BCUT2D eigenvalue weighted by atomic mass is 10.2. The molecule has 0 aliphatic rings. The molecular weight excluding hydrogens is 300 g/mol. The zero-order valence-corrected chi connectivity index (χ0v) is 15.6. The number of carbonyl (C=O) groups is 1. The van der Waals surface area contributed by atoms with E-state index in [-0.39, 0.29) is 11.0 Å². The first-order chi connectivity index (χ1) is 9.67. The van der Waals surface area contributed by atoms with Crippen molar-refractivity contribution in [2.45, 2.75) is 49.9 Å². The highest BCUT2D eigenvalue weighted by Crippen LogP contribution is 2.38. The average Bonchev–Trinajstić information content (AvgIpc) is 2.42. The van der Waals surface area contributed by atoms with Crippen LogP contribution in [0.1, 0.15) is 20.8 Å². The van der Waals surface area contributed by atoms with Crippen LogP contribution in [-0.4, -0.2) is 33.3 Å². The standard InChI is InChI=1S/C16H26O3SSi/c1-16(2,3)21(5,6)19-14(15(17)18-4)12-20-13-10-8-7-9-11-13/h7-11,14H,12H2,1-6H3/t14-/m1/s1. The van der Waals surface area contributed by atoms with Crippen LogP contribution in [-0.2, 0) is 14.0 Å². The van der Waals surface area contributed by atoms with Gasteiger partial charge in [-0.1, -0.05) is 39.0 Å². The van der Waals surface area contributed by atoms with Gasteiger partial charge in [-0.05, 0) is 30.3 Å². The highest BCUT2D eigenvalue weighted by Gasteiger charge is 2.41. The monoisotopic (exact) mass is 326 g/mol. The molecular formula is C16H26O3SSi. The smallest absolute Gasteiger partial charge is 0.334 e. The Kier molecular flexibility index (Phi) is 6.50. The molecule has 1 aromatic rings. The molecule has 0 saturated carbocycles. The number of rotatable bonds is 6. The fourth-order valence-corrected chi connectivity index (χ4v) is 3.77. The van der Waals surface area contributed by atoms with Crippen molar-refractivity contribution in [1.29, 1.82) is 0 Å². The van der Waals surface area contributed by atoms with Crippen molar-refractivity contribution < 1.29 is 14.0 Å².